The molecule has 1 aromatic rings. The van der Waals surface area contributed by atoms with Crippen LogP contribution in [-0.4, -0.2) is 38.0 Å². The van der Waals surface area contributed by atoms with Crippen LogP contribution in [0.3, 0.4) is 0 Å². The highest BCUT2D eigenvalue weighted by Gasteiger charge is 2.24. The third-order valence-corrected chi connectivity index (χ3v) is 4.20. The van der Waals surface area contributed by atoms with Crippen LogP contribution in [0, 0.1) is 0 Å². The smallest absolute Gasteiger partial charge is 0.407 e. The van der Waals surface area contributed by atoms with Crippen molar-refractivity contribution in [1.82, 2.24) is 5.32 Å². The van der Waals surface area contributed by atoms with Crippen LogP contribution in [0.15, 0.2) is 18.2 Å². The van der Waals surface area contributed by atoms with E-state index in [4.69, 9.17) is 14.2 Å². The van der Waals surface area contributed by atoms with Crippen molar-refractivity contribution >= 4 is 11.8 Å². The molecule has 6 nitrogen and oxygen atoms in total. The Bertz CT molecular complexity index is 575. The van der Waals surface area contributed by atoms with E-state index in [0.717, 1.165) is 37.1 Å². The summed E-state index contributed by atoms with van der Waals surface area (Å²) in [5.41, 5.74) is 0.553. The number of anilines is 1. The van der Waals surface area contributed by atoms with Gasteiger partial charge in [-0.1, -0.05) is 0 Å². The molecule has 1 aromatic carbocycles. The monoisotopic (exact) mass is 350 g/mol. The number of hydrogen-bond acceptors (Lipinski definition) is 5. The van der Waals surface area contributed by atoms with Gasteiger partial charge in [0.2, 0.25) is 0 Å². The van der Waals surface area contributed by atoms with Crippen molar-refractivity contribution < 1.29 is 19.0 Å². The Morgan fingerprint density at radius 3 is 2.16 bits per heavy atom. The summed E-state index contributed by atoms with van der Waals surface area (Å²) in [7, 11) is 3.26. The van der Waals surface area contributed by atoms with Crippen molar-refractivity contribution in [1.29, 1.82) is 0 Å². The van der Waals surface area contributed by atoms with E-state index in [1.54, 1.807) is 14.2 Å². The van der Waals surface area contributed by atoms with Gasteiger partial charge in [0.25, 0.3) is 0 Å². The Kier molecular flexibility index (Phi) is 6.39. The number of hydrogen-bond donors (Lipinski definition) is 2. The molecule has 0 aromatic heterocycles. The predicted molar refractivity (Wildman–Crippen MR) is 98.6 cm³/mol. The van der Waals surface area contributed by atoms with Crippen LogP contribution in [0.4, 0.5) is 10.5 Å². The van der Waals surface area contributed by atoms with E-state index >= 15 is 0 Å². The maximum atomic E-state index is 11.9. The number of carbonyl (C=O) groups excluding carboxylic acids is 1. The highest BCUT2D eigenvalue weighted by atomic mass is 16.6. The number of carbonyl (C=O) groups is 1. The molecule has 0 unspecified atom stereocenters. The first-order valence-electron chi connectivity index (χ1n) is 8.79. The largest absolute Gasteiger partial charge is 0.493 e. The molecule has 0 radical (unpaired) electrons. The normalized spacial score (nSPS) is 20.5. The van der Waals surface area contributed by atoms with Crippen LogP contribution in [0.5, 0.6) is 11.5 Å². The lowest BCUT2D eigenvalue weighted by atomic mass is 9.91. The Morgan fingerprint density at radius 2 is 1.60 bits per heavy atom. The highest BCUT2D eigenvalue weighted by molar-refractivity contribution is 5.68. The summed E-state index contributed by atoms with van der Waals surface area (Å²) in [6, 6.07) is 6.40. The van der Waals surface area contributed by atoms with Crippen LogP contribution in [0.1, 0.15) is 46.5 Å². The molecular weight excluding hydrogens is 320 g/mol. The van der Waals surface area contributed by atoms with E-state index in [1.165, 1.54) is 0 Å². The molecule has 1 fully saturated rings. The zero-order chi connectivity index (χ0) is 18.4. The van der Waals surface area contributed by atoms with E-state index in [1.807, 2.05) is 39.0 Å². The fourth-order valence-electron chi connectivity index (χ4n) is 3.02. The summed E-state index contributed by atoms with van der Waals surface area (Å²) in [4.78, 5) is 11.9. The fraction of sp³-hybridized carbons (Fsp3) is 0.632. The summed E-state index contributed by atoms with van der Waals surface area (Å²) in [5, 5.41) is 6.51. The molecule has 0 atom stereocenters. The predicted octanol–water partition coefficient (Wildman–Crippen LogP) is 3.95. The molecule has 140 valence electrons. The molecule has 1 aliphatic rings. The maximum Gasteiger partial charge on any atom is 0.407 e. The number of nitrogens with one attached hydrogen (secondary N) is 2. The first-order chi connectivity index (χ1) is 11.8. The van der Waals surface area contributed by atoms with Gasteiger partial charge in [-0.15, -0.1) is 0 Å². The minimum absolute atomic E-state index is 0.179. The molecule has 1 aliphatic carbocycles. The van der Waals surface area contributed by atoms with Gasteiger partial charge in [0.05, 0.1) is 14.2 Å². The minimum Gasteiger partial charge on any atom is -0.493 e. The third-order valence-electron chi connectivity index (χ3n) is 4.20. The topological polar surface area (TPSA) is 68.8 Å². The Morgan fingerprint density at radius 1 is 1.00 bits per heavy atom. The Hall–Kier alpha value is -2.11. The number of rotatable bonds is 5. The van der Waals surface area contributed by atoms with Gasteiger partial charge in [0, 0.05) is 23.8 Å². The lowest BCUT2D eigenvalue weighted by molar-refractivity contribution is 0.0492. The maximum absolute atomic E-state index is 11.9. The van der Waals surface area contributed by atoms with Gasteiger partial charge in [-0.2, -0.15) is 0 Å². The zero-order valence-electron chi connectivity index (χ0n) is 15.8. The number of alkyl carbamates (subject to hydrolysis) is 1. The second-order valence-corrected chi connectivity index (χ2v) is 7.41. The first-order valence-corrected chi connectivity index (χ1v) is 8.79. The number of methoxy groups -OCH3 is 2. The lowest BCUT2D eigenvalue weighted by Crippen LogP contribution is -2.42. The average molecular weight is 350 g/mol. The van der Waals surface area contributed by atoms with E-state index in [9.17, 15) is 4.79 Å². The summed E-state index contributed by atoms with van der Waals surface area (Å²) < 4.78 is 15.9. The van der Waals surface area contributed by atoms with Gasteiger partial charge in [-0.05, 0) is 58.6 Å². The molecule has 6 heteroatoms. The highest BCUT2D eigenvalue weighted by Crippen LogP contribution is 2.31. The summed E-state index contributed by atoms with van der Waals surface area (Å²) >= 11 is 0. The van der Waals surface area contributed by atoms with Crippen LogP contribution in [-0.2, 0) is 4.74 Å². The Labute approximate surface area is 150 Å². The molecule has 25 heavy (non-hydrogen) atoms. The molecule has 2 N–H and O–H groups in total. The molecule has 0 spiro atoms. The molecule has 0 heterocycles. The molecule has 0 aliphatic heterocycles. The quantitative estimate of drug-likeness (QED) is 0.841. The van der Waals surface area contributed by atoms with Crippen molar-refractivity contribution in [2.45, 2.75) is 64.1 Å². The number of benzene rings is 1. The first kappa shape index (κ1) is 19.2. The van der Waals surface area contributed by atoms with E-state index in [2.05, 4.69) is 10.6 Å². The minimum atomic E-state index is -0.462. The molecule has 0 bridgehead atoms. The van der Waals surface area contributed by atoms with Crippen molar-refractivity contribution in [2.24, 2.45) is 0 Å². The molecule has 0 saturated heterocycles. The van der Waals surface area contributed by atoms with Crippen molar-refractivity contribution in [2.75, 3.05) is 19.5 Å². The number of amides is 1. The molecular formula is C19H30N2O4. The van der Waals surface area contributed by atoms with E-state index < -0.39 is 5.60 Å². The SMILES string of the molecule is COc1ccc(NC2CCC(NC(=O)OC(C)(C)C)CC2)cc1OC. The summed E-state index contributed by atoms with van der Waals surface area (Å²) in [6.07, 6.45) is 3.53. The summed E-state index contributed by atoms with van der Waals surface area (Å²) in [6.45, 7) is 5.61. The average Bonchev–Trinajstić information content (AvgIpc) is 2.54. The van der Waals surface area contributed by atoms with E-state index in [-0.39, 0.29) is 12.1 Å². The summed E-state index contributed by atoms with van der Waals surface area (Å²) in [5.74, 6) is 1.44. The Balaban J connectivity index is 1.81. The third kappa shape index (κ3) is 6.03. The van der Waals surface area contributed by atoms with Crippen LogP contribution >= 0.6 is 0 Å². The van der Waals surface area contributed by atoms with Crippen LogP contribution in [0.25, 0.3) is 0 Å². The van der Waals surface area contributed by atoms with Crippen LogP contribution in [0.2, 0.25) is 0 Å². The second-order valence-electron chi connectivity index (χ2n) is 7.41. The van der Waals surface area contributed by atoms with Gasteiger partial charge in [0.1, 0.15) is 5.60 Å². The van der Waals surface area contributed by atoms with Gasteiger partial charge in [-0.25, -0.2) is 4.79 Å². The molecule has 2 rings (SSSR count). The fourth-order valence-corrected chi connectivity index (χ4v) is 3.02. The molecule has 1 saturated carbocycles. The van der Waals surface area contributed by atoms with Crippen LogP contribution < -0.4 is 20.1 Å². The van der Waals surface area contributed by atoms with Gasteiger partial charge in [0.15, 0.2) is 11.5 Å². The van der Waals surface area contributed by atoms with Gasteiger partial charge >= 0.3 is 6.09 Å². The van der Waals surface area contributed by atoms with Gasteiger partial charge in [-0.3, -0.25) is 0 Å². The van der Waals surface area contributed by atoms with Crippen molar-refractivity contribution in [3.05, 3.63) is 18.2 Å². The zero-order valence-corrected chi connectivity index (χ0v) is 15.8. The second kappa shape index (κ2) is 8.32. The number of ether oxygens (including phenoxy) is 3. The van der Waals surface area contributed by atoms with E-state index in [0.29, 0.717) is 11.8 Å². The van der Waals surface area contributed by atoms with Crippen molar-refractivity contribution in [3.8, 4) is 11.5 Å². The van der Waals surface area contributed by atoms with Crippen molar-refractivity contribution in [3.63, 3.8) is 0 Å². The lowest BCUT2D eigenvalue weighted by Gasteiger charge is -2.31. The van der Waals surface area contributed by atoms with Gasteiger partial charge < -0.3 is 24.8 Å². The standard InChI is InChI=1S/C19H30N2O4/c1-19(2,3)25-18(22)21-14-8-6-13(7-9-14)20-15-10-11-16(23-4)17(12-15)24-5/h10-14,20H,6-9H2,1-5H3,(H,21,22). The molecule has 1 amide bonds.